The summed E-state index contributed by atoms with van der Waals surface area (Å²) in [6.07, 6.45) is 4.82. The molecule has 1 fully saturated rings. The van der Waals surface area contributed by atoms with Crippen molar-refractivity contribution in [1.82, 2.24) is 29.3 Å². The molecule has 0 unspecified atom stereocenters. The van der Waals surface area contributed by atoms with Crippen LogP contribution in [0.4, 0.5) is 4.79 Å². The Morgan fingerprint density at radius 3 is 3.09 bits per heavy atom. The van der Waals surface area contributed by atoms with Crippen LogP contribution in [0.5, 0.6) is 0 Å². The quantitative estimate of drug-likeness (QED) is 0.875. The van der Waals surface area contributed by atoms with Crippen LogP contribution in [-0.2, 0) is 7.05 Å². The molecular formula is C14H20N6O2. The minimum atomic E-state index is -0.113. The van der Waals surface area contributed by atoms with E-state index in [9.17, 15) is 9.59 Å². The molecule has 2 amide bonds. The summed E-state index contributed by atoms with van der Waals surface area (Å²) < 4.78 is 3.25. The summed E-state index contributed by atoms with van der Waals surface area (Å²) in [5.41, 5.74) is 1.23. The molecule has 1 atom stereocenters. The SMILES string of the molecule is CCNC(=O)N1CCC[C@H](n2c(=O)n(C)c3cncnc32)C1. The second-order valence-corrected chi connectivity index (χ2v) is 5.52. The molecule has 0 aliphatic carbocycles. The molecule has 1 saturated heterocycles. The van der Waals surface area contributed by atoms with Gasteiger partial charge in [-0.2, -0.15) is 0 Å². The van der Waals surface area contributed by atoms with Gasteiger partial charge in [-0.25, -0.2) is 19.6 Å². The van der Waals surface area contributed by atoms with Gasteiger partial charge >= 0.3 is 11.7 Å². The number of likely N-dealkylation sites (tertiary alicyclic amines) is 1. The molecule has 3 heterocycles. The normalized spacial score (nSPS) is 18.6. The van der Waals surface area contributed by atoms with Crippen LogP contribution in [0.1, 0.15) is 25.8 Å². The van der Waals surface area contributed by atoms with Gasteiger partial charge in [-0.1, -0.05) is 0 Å². The Labute approximate surface area is 127 Å². The first-order valence-electron chi connectivity index (χ1n) is 7.53. The number of carbonyl (C=O) groups is 1. The van der Waals surface area contributed by atoms with Gasteiger partial charge in [-0.3, -0.25) is 9.13 Å². The molecule has 1 aliphatic heterocycles. The molecule has 0 saturated carbocycles. The molecule has 0 bridgehead atoms. The minimum absolute atomic E-state index is 0.0533. The number of rotatable bonds is 2. The maximum absolute atomic E-state index is 12.5. The molecule has 0 aromatic carbocycles. The molecule has 3 rings (SSSR count). The first-order valence-corrected chi connectivity index (χ1v) is 7.53. The standard InChI is InChI=1S/C14H20N6O2/c1-3-16-13(21)19-6-4-5-10(8-19)20-12-11(7-15-9-17-12)18(2)14(20)22/h7,9-10H,3-6,8H2,1-2H3,(H,16,21)/t10-/m0/s1. The minimum Gasteiger partial charge on any atom is -0.338 e. The summed E-state index contributed by atoms with van der Waals surface area (Å²) in [7, 11) is 1.72. The van der Waals surface area contributed by atoms with Gasteiger partial charge in [0.2, 0.25) is 0 Å². The number of hydrogen-bond acceptors (Lipinski definition) is 4. The van der Waals surface area contributed by atoms with Crippen molar-refractivity contribution in [1.29, 1.82) is 0 Å². The Morgan fingerprint density at radius 1 is 1.50 bits per heavy atom. The lowest BCUT2D eigenvalue weighted by atomic mass is 10.1. The van der Waals surface area contributed by atoms with E-state index in [1.807, 2.05) is 6.92 Å². The van der Waals surface area contributed by atoms with Gasteiger partial charge in [0.05, 0.1) is 12.2 Å². The second-order valence-electron chi connectivity index (χ2n) is 5.52. The highest BCUT2D eigenvalue weighted by Crippen LogP contribution is 2.23. The molecular weight excluding hydrogens is 284 g/mol. The van der Waals surface area contributed by atoms with E-state index >= 15 is 0 Å². The monoisotopic (exact) mass is 304 g/mol. The van der Waals surface area contributed by atoms with Crippen LogP contribution in [-0.4, -0.2) is 49.7 Å². The summed E-state index contributed by atoms with van der Waals surface area (Å²) >= 11 is 0. The summed E-state index contributed by atoms with van der Waals surface area (Å²) in [5.74, 6) is 0. The smallest absolute Gasteiger partial charge is 0.330 e. The predicted molar refractivity (Wildman–Crippen MR) is 81.7 cm³/mol. The van der Waals surface area contributed by atoms with Crippen molar-refractivity contribution in [3.63, 3.8) is 0 Å². The number of carbonyl (C=O) groups excluding carboxylic acids is 1. The van der Waals surface area contributed by atoms with Gasteiger partial charge in [0.1, 0.15) is 11.8 Å². The fraction of sp³-hybridized carbons (Fsp3) is 0.571. The van der Waals surface area contributed by atoms with E-state index in [4.69, 9.17) is 0 Å². The van der Waals surface area contributed by atoms with E-state index in [-0.39, 0.29) is 17.8 Å². The van der Waals surface area contributed by atoms with Crippen LogP contribution in [0.3, 0.4) is 0 Å². The Balaban J connectivity index is 1.96. The molecule has 2 aromatic heterocycles. The van der Waals surface area contributed by atoms with Crippen molar-refractivity contribution in [3.8, 4) is 0 Å². The van der Waals surface area contributed by atoms with Crippen molar-refractivity contribution in [2.24, 2.45) is 7.05 Å². The number of fused-ring (bicyclic) bond motifs is 1. The van der Waals surface area contributed by atoms with Crippen molar-refractivity contribution >= 4 is 17.2 Å². The Hall–Kier alpha value is -2.38. The molecule has 0 spiro atoms. The van der Waals surface area contributed by atoms with Crippen molar-refractivity contribution in [2.75, 3.05) is 19.6 Å². The number of amides is 2. The molecule has 8 heteroatoms. The fourth-order valence-corrected chi connectivity index (χ4v) is 3.04. The highest BCUT2D eigenvalue weighted by Gasteiger charge is 2.28. The molecule has 8 nitrogen and oxygen atoms in total. The van der Waals surface area contributed by atoms with E-state index in [0.29, 0.717) is 24.3 Å². The highest BCUT2D eigenvalue weighted by molar-refractivity contribution is 5.74. The summed E-state index contributed by atoms with van der Waals surface area (Å²) in [6.45, 7) is 3.73. The number of hydrogen-bond donors (Lipinski definition) is 1. The van der Waals surface area contributed by atoms with Gasteiger partial charge in [-0.05, 0) is 19.8 Å². The van der Waals surface area contributed by atoms with E-state index < -0.39 is 0 Å². The van der Waals surface area contributed by atoms with Gasteiger partial charge in [0, 0.05) is 26.7 Å². The Bertz CT molecular complexity index is 749. The van der Waals surface area contributed by atoms with Crippen LogP contribution < -0.4 is 11.0 Å². The number of piperidine rings is 1. The van der Waals surface area contributed by atoms with E-state index in [1.165, 1.54) is 6.33 Å². The Kier molecular flexibility index (Phi) is 3.82. The molecule has 22 heavy (non-hydrogen) atoms. The number of imidazole rings is 1. The first-order chi connectivity index (χ1) is 10.6. The zero-order valence-electron chi connectivity index (χ0n) is 12.8. The number of aromatic nitrogens is 4. The van der Waals surface area contributed by atoms with Crippen LogP contribution in [0, 0.1) is 0 Å². The average molecular weight is 304 g/mol. The van der Waals surface area contributed by atoms with Crippen LogP contribution in [0.25, 0.3) is 11.2 Å². The summed E-state index contributed by atoms with van der Waals surface area (Å²) in [4.78, 5) is 34.6. The molecule has 2 aromatic rings. The number of aryl methyl sites for hydroxylation is 1. The summed E-state index contributed by atoms with van der Waals surface area (Å²) in [6, 6.07) is -0.127. The average Bonchev–Trinajstić information content (AvgIpc) is 2.80. The lowest BCUT2D eigenvalue weighted by molar-refractivity contribution is 0.167. The second kappa shape index (κ2) is 5.78. The van der Waals surface area contributed by atoms with Crippen LogP contribution in [0.15, 0.2) is 17.3 Å². The number of nitrogens with one attached hydrogen (secondary N) is 1. The third kappa shape index (κ3) is 2.34. The zero-order chi connectivity index (χ0) is 15.7. The highest BCUT2D eigenvalue weighted by atomic mass is 16.2. The Morgan fingerprint density at radius 2 is 2.32 bits per heavy atom. The zero-order valence-corrected chi connectivity index (χ0v) is 12.8. The lowest BCUT2D eigenvalue weighted by Crippen LogP contribution is -2.47. The van der Waals surface area contributed by atoms with Gasteiger partial charge in [0.15, 0.2) is 5.65 Å². The van der Waals surface area contributed by atoms with Crippen molar-refractivity contribution in [3.05, 3.63) is 23.0 Å². The van der Waals surface area contributed by atoms with Crippen LogP contribution in [0.2, 0.25) is 0 Å². The largest absolute Gasteiger partial charge is 0.338 e. The predicted octanol–water partition coefficient (Wildman–Crippen LogP) is 0.496. The van der Waals surface area contributed by atoms with Crippen LogP contribution >= 0.6 is 0 Å². The van der Waals surface area contributed by atoms with E-state index in [1.54, 1.807) is 27.3 Å². The topological polar surface area (TPSA) is 85.0 Å². The third-order valence-corrected chi connectivity index (χ3v) is 4.13. The van der Waals surface area contributed by atoms with E-state index in [0.717, 1.165) is 19.4 Å². The van der Waals surface area contributed by atoms with E-state index in [2.05, 4.69) is 15.3 Å². The molecule has 118 valence electrons. The van der Waals surface area contributed by atoms with Crippen molar-refractivity contribution < 1.29 is 4.79 Å². The first kappa shape index (κ1) is 14.6. The maximum Gasteiger partial charge on any atom is 0.330 e. The van der Waals surface area contributed by atoms with Gasteiger partial charge in [-0.15, -0.1) is 0 Å². The third-order valence-electron chi connectivity index (χ3n) is 4.13. The van der Waals surface area contributed by atoms with Gasteiger partial charge < -0.3 is 10.2 Å². The molecule has 1 aliphatic rings. The molecule has 1 N–H and O–H groups in total. The molecule has 0 radical (unpaired) electrons. The maximum atomic E-state index is 12.5. The van der Waals surface area contributed by atoms with Gasteiger partial charge in [0.25, 0.3) is 0 Å². The fourth-order valence-electron chi connectivity index (χ4n) is 3.04. The summed E-state index contributed by atoms with van der Waals surface area (Å²) in [5, 5.41) is 2.81. The van der Waals surface area contributed by atoms with Crippen molar-refractivity contribution in [2.45, 2.75) is 25.8 Å². The number of nitrogens with zero attached hydrogens (tertiary/aromatic N) is 5. The number of urea groups is 1. The lowest BCUT2D eigenvalue weighted by Gasteiger charge is -2.33.